The molecule has 0 amide bonds. The molecular formula is C20H27N. The summed E-state index contributed by atoms with van der Waals surface area (Å²) in [5.41, 5.74) is 6.88. The highest BCUT2D eigenvalue weighted by atomic mass is 14.9. The fraction of sp³-hybridized carbons (Fsp3) is 0.400. The molecule has 0 spiro atoms. The molecule has 0 aliphatic rings. The Bertz CT molecular complexity index is 581. The van der Waals surface area contributed by atoms with Crippen molar-refractivity contribution in [3.8, 4) is 0 Å². The van der Waals surface area contributed by atoms with Crippen LogP contribution in [0.1, 0.15) is 53.6 Å². The molecule has 0 heterocycles. The number of aryl methyl sites for hydroxylation is 2. The zero-order valence-corrected chi connectivity index (χ0v) is 13.9. The second-order valence-electron chi connectivity index (χ2n) is 6.29. The van der Waals surface area contributed by atoms with E-state index in [4.69, 9.17) is 0 Å². The molecule has 2 aromatic carbocycles. The third kappa shape index (κ3) is 3.95. The highest BCUT2D eigenvalue weighted by Gasteiger charge is 2.11. The van der Waals surface area contributed by atoms with Crippen molar-refractivity contribution in [1.29, 1.82) is 0 Å². The molecular weight excluding hydrogens is 254 g/mol. The van der Waals surface area contributed by atoms with Gasteiger partial charge in [0.05, 0.1) is 0 Å². The molecule has 2 rings (SSSR count). The quantitative estimate of drug-likeness (QED) is 0.819. The molecule has 0 aliphatic carbocycles. The summed E-state index contributed by atoms with van der Waals surface area (Å²) in [5.74, 6) is 0.596. The van der Waals surface area contributed by atoms with Crippen LogP contribution in [0.15, 0.2) is 42.5 Å². The maximum Gasteiger partial charge on any atom is 0.0358 e. The van der Waals surface area contributed by atoms with Crippen molar-refractivity contribution in [2.24, 2.45) is 0 Å². The van der Waals surface area contributed by atoms with E-state index in [2.05, 4.69) is 75.5 Å². The molecule has 0 radical (unpaired) electrons. The minimum absolute atomic E-state index is 0.370. The van der Waals surface area contributed by atoms with Crippen LogP contribution in [0, 0.1) is 13.8 Å². The van der Waals surface area contributed by atoms with E-state index in [1.165, 1.54) is 27.8 Å². The molecule has 0 saturated carbocycles. The number of likely N-dealkylation sites (N-methyl/N-ethyl adjacent to an activating group) is 1. The smallest absolute Gasteiger partial charge is 0.0358 e. The Hall–Kier alpha value is -1.60. The van der Waals surface area contributed by atoms with Gasteiger partial charge in [-0.25, -0.2) is 0 Å². The lowest BCUT2D eigenvalue weighted by molar-refractivity contribution is 0.591. The first-order chi connectivity index (χ1) is 10.0. The summed E-state index contributed by atoms with van der Waals surface area (Å²) < 4.78 is 0. The van der Waals surface area contributed by atoms with Gasteiger partial charge in [0.15, 0.2) is 0 Å². The number of nitrogens with one attached hydrogen (secondary N) is 1. The van der Waals surface area contributed by atoms with E-state index in [0.29, 0.717) is 12.0 Å². The molecule has 2 aromatic rings. The molecule has 0 fully saturated rings. The minimum atomic E-state index is 0.370. The molecule has 1 unspecified atom stereocenters. The van der Waals surface area contributed by atoms with Gasteiger partial charge >= 0.3 is 0 Å². The van der Waals surface area contributed by atoms with Crippen LogP contribution in [0.5, 0.6) is 0 Å². The third-order valence-electron chi connectivity index (χ3n) is 4.37. The minimum Gasteiger partial charge on any atom is -0.313 e. The van der Waals surface area contributed by atoms with Gasteiger partial charge in [0.1, 0.15) is 0 Å². The van der Waals surface area contributed by atoms with Crippen LogP contribution in [-0.2, 0) is 6.42 Å². The summed E-state index contributed by atoms with van der Waals surface area (Å²) in [5, 5.41) is 3.45. The van der Waals surface area contributed by atoms with Crippen molar-refractivity contribution in [3.63, 3.8) is 0 Å². The van der Waals surface area contributed by atoms with Gasteiger partial charge in [-0.1, -0.05) is 56.3 Å². The van der Waals surface area contributed by atoms with Crippen LogP contribution in [-0.4, -0.2) is 7.05 Å². The van der Waals surface area contributed by atoms with Crippen LogP contribution >= 0.6 is 0 Å². The van der Waals surface area contributed by atoms with Crippen molar-refractivity contribution in [2.45, 2.75) is 46.1 Å². The van der Waals surface area contributed by atoms with Gasteiger partial charge in [-0.2, -0.15) is 0 Å². The second kappa shape index (κ2) is 6.91. The summed E-state index contributed by atoms with van der Waals surface area (Å²) >= 11 is 0. The Balaban J connectivity index is 2.16. The van der Waals surface area contributed by atoms with Gasteiger partial charge in [-0.15, -0.1) is 0 Å². The largest absolute Gasteiger partial charge is 0.313 e. The normalized spacial score (nSPS) is 12.7. The fourth-order valence-electron chi connectivity index (χ4n) is 2.64. The van der Waals surface area contributed by atoms with Gasteiger partial charge < -0.3 is 5.32 Å². The van der Waals surface area contributed by atoms with E-state index < -0.39 is 0 Å². The molecule has 112 valence electrons. The van der Waals surface area contributed by atoms with Gasteiger partial charge in [0, 0.05) is 6.04 Å². The van der Waals surface area contributed by atoms with Gasteiger partial charge in [-0.05, 0) is 61.1 Å². The Kier molecular flexibility index (Phi) is 5.19. The number of hydrogen-bond acceptors (Lipinski definition) is 1. The Labute approximate surface area is 129 Å². The monoisotopic (exact) mass is 281 g/mol. The van der Waals surface area contributed by atoms with Gasteiger partial charge in [-0.3, -0.25) is 0 Å². The SMILES string of the molecule is CNC(Cc1ccc(C(C)C)cc1)c1ccc(C)c(C)c1. The number of hydrogen-bond donors (Lipinski definition) is 1. The summed E-state index contributed by atoms with van der Waals surface area (Å²) in [4.78, 5) is 0. The topological polar surface area (TPSA) is 12.0 Å². The van der Waals surface area contributed by atoms with Crippen molar-refractivity contribution in [2.75, 3.05) is 7.05 Å². The zero-order valence-electron chi connectivity index (χ0n) is 13.9. The third-order valence-corrected chi connectivity index (χ3v) is 4.37. The molecule has 1 atom stereocenters. The van der Waals surface area contributed by atoms with E-state index in [-0.39, 0.29) is 0 Å². The van der Waals surface area contributed by atoms with Crippen LogP contribution in [0.2, 0.25) is 0 Å². The predicted octanol–water partition coefficient (Wildman–Crippen LogP) is 4.93. The first-order valence-electron chi connectivity index (χ1n) is 7.84. The highest BCUT2D eigenvalue weighted by molar-refractivity contribution is 5.33. The molecule has 0 bridgehead atoms. The predicted molar refractivity (Wildman–Crippen MR) is 92.0 cm³/mol. The lowest BCUT2D eigenvalue weighted by Crippen LogP contribution is -2.19. The van der Waals surface area contributed by atoms with E-state index in [9.17, 15) is 0 Å². The zero-order chi connectivity index (χ0) is 15.4. The van der Waals surface area contributed by atoms with Crippen molar-refractivity contribution < 1.29 is 0 Å². The van der Waals surface area contributed by atoms with Crippen LogP contribution in [0.4, 0.5) is 0 Å². The lowest BCUT2D eigenvalue weighted by Gasteiger charge is -2.18. The van der Waals surface area contributed by atoms with Crippen molar-refractivity contribution in [1.82, 2.24) is 5.32 Å². The average Bonchev–Trinajstić information content (AvgIpc) is 2.48. The Morgan fingerprint density at radius 2 is 1.48 bits per heavy atom. The summed E-state index contributed by atoms with van der Waals surface area (Å²) in [7, 11) is 2.04. The summed E-state index contributed by atoms with van der Waals surface area (Å²) in [6.45, 7) is 8.82. The maximum atomic E-state index is 3.45. The van der Waals surface area contributed by atoms with E-state index in [1.807, 2.05) is 7.05 Å². The maximum absolute atomic E-state index is 3.45. The van der Waals surface area contributed by atoms with Crippen LogP contribution in [0.25, 0.3) is 0 Å². The second-order valence-corrected chi connectivity index (χ2v) is 6.29. The number of rotatable bonds is 5. The van der Waals surface area contributed by atoms with Crippen molar-refractivity contribution in [3.05, 3.63) is 70.3 Å². The average molecular weight is 281 g/mol. The summed E-state index contributed by atoms with van der Waals surface area (Å²) in [6, 6.07) is 16.2. The van der Waals surface area contributed by atoms with E-state index in [0.717, 1.165) is 6.42 Å². The molecule has 1 heteroatoms. The van der Waals surface area contributed by atoms with E-state index >= 15 is 0 Å². The molecule has 1 nitrogen and oxygen atoms in total. The first kappa shape index (κ1) is 15.8. The molecule has 0 saturated heterocycles. The van der Waals surface area contributed by atoms with Crippen molar-refractivity contribution >= 4 is 0 Å². The molecule has 0 aromatic heterocycles. The Morgan fingerprint density at radius 3 is 2.00 bits per heavy atom. The fourth-order valence-corrected chi connectivity index (χ4v) is 2.64. The first-order valence-corrected chi connectivity index (χ1v) is 7.84. The molecule has 1 N–H and O–H groups in total. The lowest BCUT2D eigenvalue weighted by atomic mass is 9.94. The standard InChI is InChI=1S/C20H27N/c1-14(2)18-10-7-17(8-11-18)13-20(21-5)19-9-6-15(3)16(4)12-19/h6-12,14,20-21H,13H2,1-5H3. The Morgan fingerprint density at radius 1 is 0.857 bits per heavy atom. The molecule has 0 aliphatic heterocycles. The highest BCUT2D eigenvalue weighted by Crippen LogP contribution is 2.22. The van der Waals surface area contributed by atoms with Crippen LogP contribution in [0.3, 0.4) is 0 Å². The van der Waals surface area contributed by atoms with Gasteiger partial charge in [0.25, 0.3) is 0 Å². The molecule has 21 heavy (non-hydrogen) atoms. The summed E-state index contributed by atoms with van der Waals surface area (Å²) in [6.07, 6.45) is 1.03. The van der Waals surface area contributed by atoms with Gasteiger partial charge in [0.2, 0.25) is 0 Å². The van der Waals surface area contributed by atoms with Crippen LogP contribution < -0.4 is 5.32 Å². The van der Waals surface area contributed by atoms with E-state index in [1.54, 1.807) is 0 Å². The number of benzene rings is 2.